The minimum Gasteiger partial charge on any atom is -0.496 e. The second-order valence-electron chi connectivity index (χ2n) is 8.66. The Morgan fingerprint density at radius 2 is 2.00 bits per heavy atom. The molecule has 2 saturated heterocycles. The largest absolute Gasteiger partial charge is 0.496 e. The highest BCUT2D eigenvalue weighted by atomic mass is 16.5. The number of piperazine rings is 1. The summed E-state index contributed by atoms with van der Waals surface area (Å²) in [7, 11) is 1.71. The molecule has 2 amide bonds. The lowest BCUT2D eigenvalue weighted by Gasteiger charge is -2.36. The molecule has 1 aromatic carbocycles. The monoisotopic (exact) mass is 416 g/mol. The van der Waals surface area contributed by atoms with Crippen molar-refractivity contribution >= 4 is 11.8 Å². The Hall–Kier alpha value is -2.12. The Bertz CT molecular complexity index is 763. The number of ether oxygens (including phenoxy) is 1. The van der Waals surface area contributed by atoms with E-state index in [2.05, 4.69) is 41.5 Å². The summed E-state index contributed by atoms with van der Waals surface area (Å²) in [6.07, 6.45) is 0.658. The average molecular weight is 417 g/mol. The zero-order valence-electron chi connectivity index (χ0n) is 18.9. The van der Waals surface area contributed by atoms with E-state index in [1.54, 1.807) is 12.0 Å². The lowest BCUT2D eigenvalue weighted by atomic mass is 9.98. The highest BCUT2D eigenvalue weighted by molar-refractivity contribution is 5.97. The van der Waals surface area contributed by atoms with Gasteiger partial charge in [0.2, 0.25) is 11.8 Å². The lowest BCUT2D eigenvalue weighted by molar-refractivity contribution is -0.148. The molecule has 1 aromatic rings. The first kappa shape index (κ1) is 22.6. The standard InChI is InChI=1S/C23H36N4O3/c1-6-26(7-2)13-17-10-16(8-9-20(17)30-5)12-24-18-11-19-22(28)25-21(15(3)4)23(29)27(19)14-18/h8-10,15,18-19,21,24H,6-7,11-14H2,1-5H3,(H,25,28)/t18-,19-,21-/m0/s1. The van der Waals surface area contributed by atoms with E-state index < -0.39 is 6.04 Å². The molecule has 0 radical (unpaired) electrons. The molecule has 0 saturated carbocycles. The second-order valence-corrected chi connectivity index (χ2v) is 8.66. The third kappa shape index (κ3) is 4.78. The normalized spacial score (nSPS) is 23.8. The number of benzene rings is 1. The fraction of sp³-hybridized carbons (Fsp3) is 0.652. The molecule has 0 unspecified atom stereocenters. The van der Waals surface area contributed by atoms with Crippen LogP contribution in [0.25, 0.3) is 0 Å². The third-order valence-electron chi connectivity index (χ3n) is 6.35. The van der Waals surface area contributed by atoms with Crippen LogP contribution < -0.4 is 15.4 Å². The summed E-state index contributed by atoms with van der Waals surface area (Å²) >= 11 is 0. The molecule has 30 heavy (non-hydrogen) atoms. The van der Waals surface area contributed by atoms with Gasteiger partial charge in [0, 0.05) is 31.2 Å². The first-order valence-corrected chi connectivity index (χ1v) is 11.1. The van der Waals surface area contributed by atoms with E-state index in [-0.39, 0.29) is 29.8 Å². The summed E-state index contributed by atoms with van der Waals surface area (Å²) in [6, 6.07) is 5.66. The van der Waals surface area contributed by atoms with E-state index >= 15 is 0 Å². The molecule has 2 aliphatic heterocycles. The van der Waals surface area contributed by atoms with Gasteiger partial charge in [-0.3, -0.25) is 14.5 Å². The molecule has 7 nitrogen and oxygen atoms in total. The van der Waals surface area contributed by atoms with E-state index in [1.165, 1.54) is 11.1 Å². The van der Waals surface area contributed by atoms with Crippen LogP contribution in [0.4, 0.5) is 0 Å². The topological polar surface area (TPSA) is 73.9 Å². The Morgan fingerprint density at radius 1 is 1.27 bits per heavy atom. The first-order chi connectivity index (χ1) is 14.4. The molecule has 2 heterocycles. The number of rotatable bonds is 9. The molecule has 0 aromatic heterocycles. The molecular formula is C23H36N4O3. The van der Waals surface area contributed by atoms with Crippen molar-refractivity contribution in [3.8, 4) is 5.75 Å². The Labute approximate surface area is 180 Å². The van der Waals surface area contributed by atoms with Crippen molar-refractivity contribution in [2.75, 3.05) is 26.7 Å². The number of fused-ring (bicyclic) bond motifs is 1. The van der Waals surface area contributed by atoms with E-state index in [0.29, 0.717) is 19.5 Å². The highest BCUT2D eigenvalue weighted by Crippen LogP contribution is 2.26. The van der Waals surface area contributed by atoms with Crippen LogP contribution >= 0.6 is 0 Å². The summed E-state index contributed by atoms with van der Waals surface area (Å²) < 4.78 is 5.55. The first-order valence-electron chi connectivity index (χ1n) is 11.1. The van der Waals surface area contributed by atoms with Crippen molar-refractivity contribution in [2.24, 2.45) is 5.92 Å². The van der Waals surface area contributed by atoms with Crippen LogP contribution in [0.3, 0.4) is 0 Å². The van der Waals surface area contributed by atoms with Gasteiger partial charge in [-0.2, -0.15) is 0 Å². The maximum Gasteiger partial charge on any atom is 0.246 e. The summed E-state index contributed by atoms with van der Waals surface area (Å²) in [6.45, 7) is 12.4. The minimum atomic E-state index is -0.406. The van der Waals surface area contributed by atoms with E-state index in [1.807, 2.05) is 19.9 Å². The van der Waals surface area contributed by atoms with Crippen LogP contribution in [-0.4, -0.2) is 66.5 Å². The van der Waals surface area contributed by atoms with Gasteiger partial charge in [0.25, 0.3) is 0 Å². The number of nitrogens with one attached hydrogen (secondary N) is 2. The number of nitrogens with zero attached hydrogens (tertiary/aromatic N) is 2. The number of methoxy groups -OCH3 is 1. The van der Waals surface area contributed by atoms with E-state index in [9.17, 15) is 9.59 Å². The Morgan fingerprint density at radius 3 is 2.63 bits per heavy atom. The van der Waals surface area contributed by atoms with Gasteiger partial charge in [-0.25, -0.2) is 0 Å². The van der Waals surface area contributed by atoms with Crippen LogP contribution in [-0.2, 0) is 22.7 Å². The van der Waals surface area contributed by atoms with Gasteiger partial charge in [-0.1, -0.05) is 33.8 Å². The summed E-state index contributed by atoms with van der Waals surface area (Å²) in [5, 5.41) is 6.46. The van der Waals surface area contributed by atoms with Gasteiger partial charge in [0.15, 0.2) is 0 Å². The van der Waals surface area contributed by atoms with Crippen molar-refractivity contribution < 1.29 is 14.3 Å². The smallest absolute Gasteiger partial charge is 0.246 e. The van der Waals surface area contributed by atoms with Crippen LogP contribution in [0.2, 0.25) is 0 Å². The average Bonchev–Trinajstić information content (AvgIpc) is 3.18. The van der Waals surface area contributed by atoms with Crippen molar-refractivity contribution in [3.05, 3.63) is 29.3 Å². The number of carbonyl (C=O) groups is 2. The molecule has 3 atom stereocenters. The Kier molecular flexibility index (Phi) is 7.36. The van der Waals surface area contributed by atoms with Gasteiger partial charge < -0.3 is 20.3 Å². The predicted molar refractivity (Wildman–Crippen MR) is 117 cm³/mol. The zero-order chi connectivity index (χ0) is 21.8. The minimum absolute atomic E-state index is 0.0245. The molecule has 166 valence electrons. The molecule has 2 fully saturated rings. The Balaban J connectivity index is 1.64. The van der Waals surface area contributed by atoms with Gasteiger partial charge in [0.05, 0.1) is 7.11 Å². The summed E-state index contributed by atoms with van der Waals surface area (Å²) in [5.74, 6) is 1.02. The number of carbonyl (C=O) groups excluding carboxylic acids is 2. The predicted octanol–water partition coefficient (Wildman–Crippen LogP) is 1.75. The van der Waals surface area contributed by atoms with Crippen LogP contribution in [0.15, 0.2) is 18.2 Å². The molecule has 0 aliphatic carbocycles. The summed E-state index contributed by atoms with van der Waals surface area (Å²) in [4.78, 5) is 29.4. The van der Waals surface area contributed by atoms with Gasteiger partial charge in [-0.05, 0) is 43.1 Å². The lowest BCUT2D eigenvalue weighted by Crippen LogP contribution is -2.62. The third-order valence-corrected chi connectivity index (χ3v) is 6.35. The fourth-order valence-corrected chi connectivity index (χ4v) is 4.43. The van der Waals surface area contributed by atoms with Crippen LogP contribution in [0.5, 0.6) is 5.75 Å². The molecule has 0 spiro atoms. The van der Waals surface area contributed by atoms with Crippen molar-refractivity contribution in [1.82, 2.24) is 20.4 Å². The van der Waals surface area contributed by atoms with Gasteiger partial charge in [0.1, 0.15) is 17.8 Å². The van der Waals surface area contributed by atoms with E-state index in [4.69, 9.17) is 4.74 Å². The number of hydrogen-bond acceptors (Lipinski definition) is 5. The second kappa shape index (κ2) is 9.79. The van der Waals surface area contributed by atoms with Gasteiger partial charge in [-0.15, -0.1) is 0 Å². The molecular weight excluding hydrogens is 380 g/mol. The quantitative estimate of drug-likeness (QED) is 0.642. The van der Waals surface area contributed by atoms with Crippen molar-refractivity contribution in [2.45, 2.75) is 65.3 Å². The van der Waals surface area contributed by atoms with Crippen molar-refractivity contribution in [3.63, 3.8) is 0 Å². The molecule has 7 heteroatoms. The summed E-state index contributed by atoms with van der Waals surface area (Å²) in [5.41, 5.74) is 2.36. The maximum absolute atomic E-state index is 12.8. The van der Waals surface area contributed by atoms with Gasteiger partial charge >= 0.3 is 0 Å². The highest BCUT2D eigenvalue weighted by Gasteiger charge is 2.46. The maximum atomic E-state index is 12.8. The molecule has 0 bridgehead atoms. The molecule has 2 aliphatic rings. The number of amides is 2. The van der Waals surface area contributed by atoms with Crippen molar-refractivity contribution in [1.29, 1.82) is 0 Å². The number of hydrogen-bond donors (Lipinski definition) is 2. The molecule has 2 N–H and O–H groups in total. The van der Waals surface area contributed by atoms with E-state index in [0.717, 1.165) is 25.4 Å². The van der Waals surface area contributed by atoms with Crippen LogP contribution in [0.1, 0.15) is 45.2 Å². The zero-order valence-corrected chi connectivity index (χ0v) is 18.9. The van der Waals surface area contributed by atoms with Crippen LogP contribution in [0, 0.1) is 5.92 Å². The molecule has 3 rings (SSSR count). The SMILES string of the molecule is CCN(CC)Cc1cc(CN[C@H]2C[C@H]3C(=O)N[C@@H](C(C)C)C(=O)N3C2)ccc1OC. The fourth-order valence-electron chi connectivity index (χ4n) is 4.43.